The van der Waals surface area contributed by atoms with Crippen LogP contribution in [0.3, 0.4) is 0 Å². The Morgan fingerprint density at radius 2 is 2.07 bits per heavy atom. The van der Waals surface area contributed by atoms with Gasteiger partial charge in [-0.2, -0.15) is 9.40 Å². The summed E-state index contributed by atoms with van der Waals surface area (Å²) >= 11 is 0. The lowest BCUT2D eigenvalue weighted by Gasteiger charge is -2.32. The number of aromatic nitrogens is 4. The number of fused-ring (bicyclic) bond motifs is 1. The average molecular weight is 409 g/mol. The standard InChI is InChI=1S/C17H24FN7O2S/c1-22(2)9-17-10-24(16-15(18)5-19-12-20-16)6-13(17)7-25(11-17)28(26,27)14-4-21-23(3)8-14/h4-5,8,12-13H,6-7,9-11H2,1-3H3/t13-,17+/m0/s1. The first-order valence-corrected chi connectivity index (χ1v) is 10.5. The number of hydrogen-bond acceptors (Lipinski definition) is 7. The molecule has 0 amide bonds. The number of halogens is 1. The minimum atomic E-state index is -3.61. The third kappa shape index (κ3) is 3.16. The van der Waals surface area contributed by atoms with Gasteiger partial charge in [-0.05, 0) is 14.1 Å². The Hall–Kier alpha value is -2.11. The molecular formula is C17H24FN7O2S. The quantitative estimate of drug-likeness (QED) is 0.689. The molecule has 4 rings (SSSR count). The Bertz CT molecular complexity index is 979. The third-order valence-corrected chi connectivity index (χ3v) is 7.39. The van der Waals surface area contributed by atoms with Crippen LogP contribution in [0.25, 0.3) is 0 Å². The smallest absolute Gasteiger partial charge is 0.246 e. The fourth-order valence-electron chi connectivity index (χ4n) is 4.55. The van der Waals surface area contributed by atoms with E-state index in [0.29, 0.717) is 32.7 Å². The first-order chi connectivity index (χ1) is 13.2. The zero-order valence-electron chi connectivity index (χ0n) is 16.2. The summed E-state index contributed by atoms with van der Waals surface area (Å²) < 4.78 is 43.4. The van der Waals surface area contributed by atoms with Crippen LogP contribution < -0.4 is 4.90 Å². The summed E-state index contributed by atoms with van der Waals surface area (Å²) in [6.07, 6.45) is 5.40. The molecule has 4 heterocycles. The van der Waals surface area contributed by atoms with E-state index in [9.17, 15) is 12.8 Å². The van der Waals surface area contributed by atoms with Gasteiger partial charge in [-0.1, -0.05) is 0 Å². The van der Waals surface area contributed by atoms with E-state index in [1.807, 2.05) is 19.0 Å². The predicted molar refractivity (Wildman–Crippen MR) is 101 cm³/mol. The molecule has 0 radical (unpaired) electrons. The molecule has 0 aromatic carbocycles. The lowest BCUT2D eigenvalue weighted by molar-refractivity contribution is 0.200. The molecular weight excluding hydrogens is 385 g/mol. The van der Waals surface area contributed by atoms with Crippen molar-refractivity contribution in [2.24, 2.45) is 18.4 Å². The number of sulfonamides is 1. The zero-order valence-corrected chi connectivity index (χ0v) is 17.0. The van der Waals surface area contributed by atoms with Crippen LogP contribution in [-0.2, 0) is 17.1 Å². The summed E-state index contributed by atoms with van der Waals surface area (Å²) in [6.45, 7) is 2.59. The van der Waals surface area contributed by atoms with Gasteiger partial charge in [0.05, 0.1) is 12.4 Å². The molecule has 2 aromatic heterocycles. The second-order valence-corrected chi connectivity index (χ2v) is 9.96. The van der Waals surface area contributed by atoms with E-state index in [4.69, 9.17) is 0 Å². The number of rotatable bonds is 5. The largest absolute Gasteiger partial charge is 0.353 e. The van der Waals surface area contributed by atoms with Crippen LogP contribution in [0.5, 0.6) is 0 Å². The van der Waals surface area contributed by atoms with Crippen LogP contribution in [0, 0.1) is 17.2 Å². The van der Waals surface area contributed by atoms with Gasteiger partial charge in [0.15, 0.2) is 11.6 Å². The first-order valence-electron chi connectivity index (χ1n) is 9.05. The second-order valence-electron chi connectivity index (χ2n) is 8.02. The van der Waals surface area contributed by atoms with Crippen molar-refractivity contribution in [3.8, 4) is 0 Å². The molecule has 0 aliphatic carbocycles. The van der Waals surface area contributed by atoms with Crippen molar-refractivity contribution >= 4 is 15.8 Å². The Balaban J connectivity index is 1.62. The number of nitrogens with zero attached hydrogens (tertiary/aromatic N) is 7. The molecule has 0 bridgehead atoms. The van der Waals surface area contributed by atoms with Crippen molar-refractivity contribution in [2.75, 3.05) is 51.7 Å². The van der Waals surface area contributed by atoms with E-state index in [0.717, 1.165) is 6.20 Å². The molecule has 28 heavy (non-hydrogen) atoms. The van der Waals surface area contributed by atoms with Crippen LogP contribution in [0.4, 0.5) is 10.2 Å². The molecule has 0 spiro atoms. The molecule has 152 valence electrons. The van der Waals surface area contributed by atoms with Crippen molar-refractivity contribution in [3.05, 3.63) is 30.7 Å². The summed E-state index contributed by atoms with van der Waals surface area (Å²) in [4.78, 5) is 12.0. The number of aryl methyl sites for hydroxylation is 1. The Morgan fingerprint density at radius 1 is 1.29 bits per heavy atom. The van der Waals surface area contributed by atoms with E-state index < -0.39 is 15.8 Å². The lowest BCUT2D eigenvalue weighted by Crippen LogP contribution is -2.43. The van der Waals surface area contributed by atoms with Crippen LogP contribution in [-0.4, -0.2) is 84.2 Å². The van der Waals surface area contributed by atoms with Crippen molar-refractivity contribution in [2.45, 2.75) is 4.90 Å². The van der Waals surface area contributed by atoms with E-state index in [2.05, 4.69) is 20.0 Å². The SMILES string of the molecule is CN(C)C[C@]12CN(c3ncncc3F)C[C@H]1CN(S(=O)(=O)c1cnn(C)c1)C2. The van der Waals surface area contributed by atoms with Gasteiger partial charge in [-0.25, -0.2) is 22.8 Å². The molecule has 2 aliphatic heterocycles. The first kappa shape index (κ1) is 19.2. The molecule has 2 aliphatic rings. The molecule has 0 saturated carbocycles. The van der Waals surface area contributed by atoms with Gasteiger partial charge in [-0.3, -0.25) is 4.68 Å². The van der Waals surface area contributed by atoms with Gasteiger partial charge in [0.1, 0.15) is 11.2 Å². The van der Waals surface area contributed by atoms with Gasteiger partial charge < -0.3 is 9.80 Å². The normalized spacial score (nSPS) is 25.6. The highest BCUT2D eigenvalue weighted by atomic mass is 32.2. The van der Waals surface area contributed by atoms with Crippen molar-refractivity contribution in [3.63, 3.8) is 0 Å². The fourth-order valence-corrected chi connectivity index (χ4v) is 6.12. The molecule has 11 heteroatoms. The fraction of sp³-hybridized carbons (Fsp3) is 0.588. The summed E-state index contributed by atoms with van der Waals surface area (Å²) in [5, 5.41) is 3.99. The Morgan fingerprint density at radius 3 is 2.71 bits per heavy atom. The average Bonchev–Trinajstić information content (AvgIpc) is 3.27. The van der Waals surface area contributed by atoms with Crippen molar-refractivity contribution < 1.29 is 12.8 Å². The van der Waals surface area contributed by atoms with Gasteiger partial charge in [0.25, 0.3) is 0 Å². The van der Waals surface area contributed by atoms with Gasteiger partial charge in [0.2, 0.25) is 10.0 Å². The van der Waals surface area contributed by atoms with Crippen LogP contribution in [0.2, 0.25) is 0 Å². The maximum absolute atomic E-state index is 14.2. The summed E-state index contributed by atoms with van der Waals surface area (Å²) in [5.41, 5.74) is -0.295. The molecule has 2 fully saturated rings. The zero-order chi connectivity index (χ0) is 20.1. The molecule has 2 aromatic rings. The van der Waals surface area contributed by atoms with Crippen LogP contribution in [0.15, 0.2) is 29.8 Å². The van der Waals surface area contributed by atoms with Crippen LogP contribution in [0.1, 0.15) is 0 Å². The van der Waals surface area contributed by atoms with Crippen molar-refractivity contribution in [1.29, 1.82) is 0 Å². The predicted octanol–water partition coefficient (Wildman–Crippen LogP) is 0.0379. The molecule has 0 N–H and O–H groups in total. The van der Waals surface area contributed by atoms with Gasteiger partial charge in [-0.15, -0.1) is 0 Å². The van der Waals surface area contributed by atoms with E-state index in [1.165, 1.54) is 23.4 Å². The number of hydrogen-bond donors (Lipinski definition) is 0. The number of anilines is 1. The summed E-state index contributed by atoms with van der Waals surface area (Å²) in [5.74, 6) is -0.0952. The molecule has 0 unspecified atom stereocenters. The minimum Gasteiger partial charge on any atom is -0.353 e. The van der Waals surface area contributed by atoms with Gasteiger partial charge in [0, 0.05) is 57.3 Å². The third-order valence-electron chi connectivity index (χ3n) is 5.63. The topological polar surface area (TPSA) is 87.5 Å². The molecule has 2 saturated heterocycles. The maximum Gasteiger partial charge on any atom is 0.246 e. The minimum absolute atomic E-state index is 0.0794. The van der Waals surface area contributed by atoms with Crippen molar-refractivity contribution in [1.82, 2.24) is 29.0 Å². The highest BCUT2D eigenvalue weighted by Gasteiger charge is 2.55. The summed E-state index contributed by atoms with van der Waals surface area (Å²) in [6, 6.07) is 0. The Labute approximate surface area is 163 Å². The van der Waals surface area contributed by atoms with Gasteiger partial charge >= 0.3 is 0 Å². The highest BCUT2D eigenvalue weighted by Crippen LogP contribution is 2.45. The maximum atomic E-state index is 14.2. The molecule has 9 nitrogen and oxygen atoms in total. The van der Waals surface area contributed by atoms with E-state index in [1.54, 1.807) is 11.4 Å². The highest BCUT2D eigenvalue weighted by molar-refractivity contribution is 7.89. The van der Waals surface area contributed by atoms with E-state index in [-0.39, 0.29) is 22.0 Å². The Kier molecular flexibility index (Phi) is 4.63. The lowest BCUT2D eigenvalue weighted by atomic mass is 9.80. The monoisotopic (exact) mass is 409 g/mol. The molecule has 2 atom stereocenters. The summed E-state index contributed by atoms with van der Waals surface area (Å²) in [7, 11) is 2.02. The van der Waals surface area contributed by atoms with E-state index >= 15 is 0 Å². The second kappa shape index (κ2) is 6.75. The van der Waals surface area contributed by atoms with Crippen LogP contribution >= 0.6 is 0 Å².